The van der Waals surface area contributed by atoms with Gasteiger partial charge in [-0.3, -0.25) is 0 Å². The van der Waals surface area contributed by atoms with Crippen LogP contribution in [0, 0.1) is 12.7 Å². The van der Waals surface area contributed by atoms with Crippen LogP contribution in [0.3, 0.4) is 0 Å². The fraction of sp³-hybridized carbons (Fsp3) is 0.308. The van der Waals surface area contributed by atoms with E-state index in [1.165, 1.54) is 19.1 Å². The summed E-state index contributed by atoms with van der Waals surface area (Å²) in [6, 6.07) is 5.34. The van der Waals surface area contributed by atoms with Crippen molar-refractivity contribution in [2.24, 2.45) is 0 Å². The van der Waals surface area contributed by atoms with Gasteiger partial charge in [0.05, 0.1) is 17.1 Å². The first-order valence-corrected chi connectivity index (χ1v) is 7.61. The lowest BCUT2D eigenvalue weighted by atomic mass is 10.2. The van der Waals surface area contributed by atoms with E-state index < -0.39 is 15.8 Å². The van der Waals surface area contributed by atoms with Crippen molar-refractivity contribution in [2.75, 3.05) is 0 Å². The van der Waals surface area contributed by atoms with Crippen molar-refractivity contribution in [2.45, 2.75) is 31.7 Å². The summed E-state index contributed by atoms with van der Waals surface area (Å²) < 4.78 is 44.6. The molecule has 0 saturated carbocycles. The van der Waals surface area contributed by atoms with Crippen molar-refractivity contribution in [3.63, 3.8) is 0 Å². The Morgan fingerprint density at radius 3 is 2.70 bits per heavy atom. The third-order valence-corrected chi connectivity index (χ3v) is 4.25. The Kier molecular flexibility index (Phi) is 4.20. The average molecular weight is 298 g/mol. The van der Waals surface area contributed by atoms with E-state index in [0.717, 1.165) is 11.8 Å². The Bertz CT molecular complexity index is 710. The number of nitrogens with one attached hydrogen (secondary N) is 1. The standard InChI is InChI=1S/C13H15FN2O3S/c1-3-10-7-11(19-16-10)8-15-20(17,18)12-4-5-13(14)9(2)6-12/h4-7,15H,3,8H2,1-2H3. The van der Waals surface area contributed by atoms with Crippen molar-refractivity contribution in [1.82, 2.24) is 9.88 Å². The van der Waals surface area contributed by atoms with E-state index in [0.29, 0.717) is 12.2 Å². The number of hydrogen-bond acceptors (Lipinski definition) is 4. The van der Waals surface area contributed by atoms with Crippen LogP contribution in [-0.4, -0.2) is 13.6 Å². The lowest BCUT2D eigenvalue weighted by Gasteiger charge is -2.06. The van der Waals surface area contributed by atoms with Gasteiger partial charge in [0.1, 0.15) is 5.82 Å². The minimum atomic E-state index is -3.70. The lowest BCUT2D eigenvalue weighted by Crippen LogP contribution is -2.23. The maximum atomic E-state index is 13.1. The van der Waals surface area contributed by atoms with Gasteiger partial charge in [0.25, 0.3) is 0 Å². The normalized spacial score (nSPS) is 11.8. The molecular weight excluding hydrogens is 283 g/mol. The van der Waals surface area contributed by atoms with E-state index in [1.807, 2.05) is 6.92 Å². The van der Waals surface area contributed by atoms with Gasteiger partial charge in [-0.15, -0.1) is 0 Å². The summed E-state index contributed by atoms with van der Waals surface area (Å²) in [7, 11) is -3.70. The molecule has 0 aliphatic heterocycles. The van der Waals surface area contributed by atoms with E-state index in [9.17, 15) is 12.8 Å². The fourth-order valence-corrected chi connectivity index (χ4v) is 2.72. The second-order valence-electron chi connectivity index (χ2n) is 4.37. The molecule has 20 heavy (non-hydrogen) atoms. The van der Waals surface area contributed by atoms with E-state index in [1.54, 1.807) is 6.07 Å². The highest BCUT2D eigenvalue weighted by Crippen LogP contribution is 2.14. The van der Waals surface area contributed by atoms with Crippen molar-refractivity contribution in [3.8, 4) is 0 Å². The maximum absolute atomic E-state index is 13.1. The molecule has 0 unspecified atom stereocenters. The zero-order chi connectivity index (χ0) is 14.8. The molecule has 0 spiro atoms. The molecule has 2 rings (SSSR count). The molecule has 1 aromatic heterocycles. The largest absolute Gasteiger partial charge is 0.360 e. The molecule has 0 radical (unpaired) electrons. The van der Waals surface area contributed by atoms with Gasteiger partial charge in [0.15, 0.2) is 5.76 Å². The number of aryl methyl sites for hydroxylation is 2. The number of hydrogen-bond donors (Lipinski definition) is 1. The zero-order valence-electron chi connectivity index (χ0n) is 11.2. The molecule has 0 bridgehead atoms. The predicted octanol–water partition coefficient (Wildman–Crippen LogP) is 2.16. The third kappa shape index (κ3) is 3.23. The quantitative estimate of drug-likeness (QED) is 0.918. The van der Waals surface area contributed by atoms with Crippen LogP contribution < -0.4 is 4.72 Å². The Morgan fingerprint density at radius 2 is 2.10 bits per heavy atom. The van der Waals surface area contributed by atoms with Crippen molar-refractivity contribution >= 4 is 10.0 Å². The van der Waals surface area contributed by atoms with Gasteiger partial charge in [-0.2, -0.15) is 0 Å². The van der Waals surface area contributed by atoms with Crippen LogP contribution in [0.2, 0.25) is 0 Å². The van der Waals surface area contributed by atoms with Crippen molar-refractivity contribution in [3.05, 3.63) is 47.1 Å². The van der Waals surface area contributed by atoms with E-state index in [2.05, 4.69) is 9.88 Å². The molecule has 0 fully saturated rings. The molecule has 0 aliphatic carbocycles. The molecule has 1 heterocycles. The van der Waals surface area contributed by atoms with Crippen LogP contribution in [0.5, 0.6) is 0 Å². The number of sulfonamides is 1. The van der Waals surface area contributed by atoms with Crippen LogP contribution in [-0.2, 0) is 23.0 Å². The minimum Gasteiger partial charge on any atom is -0.360 e. The highest BCUT2D eigenvalue weighted by Gasteiger charge is 2.16. The summed E-state index contributed by atoms with van der Waals surface area (Å²) in [5.41, 5.74) is 1.04. The second-order valence-corrected chi connectivity index (χ2v) is 6.14. The number of aromatic nitrogens is 1. The molecule has 1 N–H and O–H groups in total. The molecule has 0 amide bonds. The summed E-state index contributed by atoms with van der Waals surface area (Å²) in [5, 5.41) is 3.77. The predicted molar refractivity (Wildman–Crippen MR) is 71.0 cm³/mol. The molecule has 108 valence electrons. The molecule has 0 atom stereocenters. The Balaban J connectivity index is 2.12. The smallest absolute Gasteiger partial charge is 0.240 e. The molecule has 2 aromatic rings. The summed E-state index contributed by atoms with van der Waals surface area (Å²) in [5.74, 6) is -0.00368. The first kappa shape index (κ1) is 14.7. The van der Waals surface area contributed by atoms with Crippen LogP contribution in [0.15, 0.2) is 33.7 Å². The topological polar surface area (TPSA) is 72.2 Å². The lowest BCUT2D eigenvalue weighted by molar-refractivity contribution is 0.375. The van der Waals surface area contributed by atoms with E-state index in [4.69, 9.17) is 4.52 Å². The Labute approximate surface area is 116 Å². The van der Waals surface area contributed by atoms with Crippen LogP contribution in [0.1, 0.15) is 23.9 Å². The Morgan fingerprint density at radius 1 is 1.35 bits per heavy atom. The minimum absolute atomic E-state index is 0.00571. The number of nitrogens with zero attached hydrogens (tertiary/aromatic N) is 1. The summed E-state index contributed by atoms with van der Waals surface area (Å²) >= 11 is 0. The average Bonchev–Trinajstić information content (AvgIpc) is 2.87. The first-order valence-electron chi connectivity index (χ1n) is 6.12. The van der Waals surface area contributed by atoms with Crippen molar-refractivity contribution < 1.29 is 17.3 Å². The van der Waals surface area contributed by atoms with Crippen LogP contribution in [0.4, 0.5) is 4.39 Å². The van der Waals surface area contributed by atoms with Crippen molar-refractivity contribution in [1.29, 1.82) is 0 Å². The number of rotatable bonds is 5. The Hall–Kier alpha value is -1.73. The molecular formula is C13H15FN2O3S. The third-order valence-electron chi connectivity index (χ3n) is 2.85. The van der Waals surface area contributed by atoms with Gasteiger partial charge in [-0.1, -0.05) is 12.1 Å². The fourth-order valence-electron chi connectivity index (χ4n) is 1.64. The number of benzene rings is 1. The first-order chi connectivity index (χ1) is 9.42. The number of halogens is 1. The summed E-state index contributed by atoms with van der Waals surface area (Å²) in [6.07, 6.45) is 0.716. The van der Waals surface area contributed by atoms with Gasteiger partial charge in [-0.25, -0.2) is 17.5 Å². The van der Waals surface area contributed by atoms with Gasteiger partial charge >= 0.3 is 0 Å². The molecule has 5 nitrogen and oxygen atoms in total. The van der Waals surface area contributed by atoms with Gasteiger partial charge in [0.2, 0.25) is 10.0 Å². The maximum Gasteiger partial charge on any atom is 0.240 e. The highest BCUT2D eigenvalue weighted by molar-refractivity contribution is 7.89. The van der Waals surface area contributed by atoms with Gasteiger partial charge < -0.3 is 4.52 Å². The van der Waals surface area contributed by atoms with Gasteiger partial charge in [-0.05, 0) is 37.1 Å². The van der Waals surface area contributed by atoms with Crippen LogP contribution >= 0.6 is 0 Å². The molecule has 7 heteroatoms. The van der Waals surface area contributed by atoms with Gasteiger partial charge in [0, 0.05) is 6.07 Å². The summed E-state index contributed by atoms with van der Waals surface area (Å²) in [4.78, 5) is 0.0200. The zero-order valence-corrected chi connectivity index (χ0v) is 12.0. The highest BCUT2D eigenvalue weighted by atomic mass is 32.2. The van der Waals surface area contributed by atoms with Crippen LogP contribution in [0.25, 0.3) is 0 Å². The SMILES string of the molecule is CCc1cc(CNS(=O)(=O)c2ccc(F)c(C)c2)on1. The molecule has 0 saturated heterocycles. The summed E-state index contributed by atoms with van der Waals surface area (Å²) in [6.45, 7) is 3.44. The second kappa shape index (κ2) is 5.72. The monoisotopic (exact) mass is 298 g/mol. The van der Waals surface area contributed by atoms with E-state index >= 15 is 0 Å². The molecule has 0 aliphatic rings. The van der Waals surface area contributed by atoms with E-state index in [-0.39, 0.29) is 17.0 Å². The molecule has 1 aromatic carbocycles.